The molecule has 0 N–H and O–H groups in total. The Balaban J connectivity index is 3.10. The molecule has 0 fully saturated rings. The minimum Gasteiger partial charge on any atom is -0.169 e. The number of alkyl halides is 4. The van der Waals surface area contributed by atoms with Crippen LogP contribution in [-0.4, -0.2) is 6.18 Å². The second kappa shape index (κ2) is 3.72. The second-order valence-corrected chi connectivity index (χ2v) is 5.52. The summed E-state index contributed by atoms with van der Waals surface area (Å²) in [6.45, 7) is 3.03. The Hall–Kier alpha value is -0.260. The number of hydrogen-bond donors (Lipinski definition) is 0. The van der Waals surface area contributed by atoms with Gasteiger partial charge >= 0.3 is 6.18 Å². The molecule has 0 nitrogen and oxygen atoms in total. The lowest BCUT2D eigenvalue weighted by atomic mass is 9.99. The summed E-state index contributed by atoms with van der Waals surface area (Å²) >= 11 is 1.44. The Morgan fingerprint density at radius 3 is 1.86 bits per heavy atom. The normalized spacial score (nSPS) is 16.4. The maximum absolute atomic E-state index is 12.6. The van der Waals surface area contributed by atoms with Gasteiger partial charge in [0.05, 0.1) is 0 Å². The van der Waals surface area contributed by atoms with E-state index in [4.69, 9.17) is 0 Å². The Labute approximate surface area is 94.6 Å². The van der Waals surface area contributed by atoms with Crippen molar-refractivity contribution in [3.8, 4) is 0 Å². The van der Waals surface area contributed by atoms with Crippen LogP contribution in [0.4, 0.5) is 13.2 Å². The van der Waals surface area contributed by atoms with Crippen LogP contribution in [0.15, 0.2) is 24.3 Å². The summed E-state index contributed by atoms with van der Waals surface area (Å²) in [5, 5.41) is 0. The zero-order valence-electron chi connectivity index (χ0n) is 7.82. The van der Waals surface area contributed by atoms with Gasteiger partial charge in [-0.05, 0) is 19.4 Å². The third-order valence-corrected chi connectivity index (χ3v) is 3.36. The highest BCUT2D eigenvalue weighted by atomic mass is 127. The lowest BCUT2D eigenvalue weighted by molar-refractivity contribution is -0.152. The Kier molecular flexibility index (Phi) is 3.13. The van der Waals surface area contributed by atoms with Crippen LogP contribution in [-0.2, 0) is 3.42 Å². The summed E-state index contributed by atoms with van der Waals surface area (Å²) in [6.07, 6.45) is -4.22. The van der Waals surface area contributed by atoms with E-state index in [-0.39, 0.29) is 5.56 Å². The van der Waals surface area contributed by atoms with E-state index in [1.54, 1.807) is 12.1 Å². The first kappa shape index (κ1) is 11.8. The summed E-state index contributed by atoms with van der Waals surface area (Å²) in [5.41, 5.74) is 1.25. The molecule has 1 unspecified atom stereocenters. The highest BCUT2D eigenvalue weighted by Gasteiger charge is 2.50. The Bertz CT molecular complexity index is 311. The largest absolute Gasteiger partial charge is 0.406 e. The molecule has 1 aromatic carbocycles. The summed E-state index contributed by atoms with van der Waals surface area (Å²) in [5.74, 6) is 0. The minimum atomic E-state index is -4.22. The highest BCUT2D eigenvalue weighted by Crippen LogP contribution is 2.46. The van der Waals surface area contributed by atoms with Crippen molar-refractivity contribution in [1.82, 2.24) is 0 Å². The van der Waals surface area contributed by atoms with Gasteiger partial charge in [0.1, 0.15) is 3.42 Å². The molecule has 0 spiro atoms. The average Bonchev–Trinajstić information content (AvgIpc) is 2.03. The molecule has 0 aliphatic rings. The van der Waals surface area contributed by atoms with Gasteiger partial charge in [-0.2, -0.15) is 13.2 Å². The van der Waals surface area contributed by atoms with Gasteiger partial charge in [-0.1, -0.05) is 52.4 Å². The molecule has 0 heterocycles. The van der Waals surface area contributed by atoms with Crippen LogP contribution in [0.5, 0.6) is 0 Å². The van der Waals surface area contributed by atoms with Crippen LogP contribution in [0.2, 0.25) is 0 Å². The van der Waals surface area contributed by atoms with Gasteiger partial charge < -0.3 is 0 Å². The van der Waals surface area contributed by atoms with Crippen LogP contribution in [0.3, 0.4) is 0 Å². The van der Waals surface area contributed by atoms with Gasteiger partial charge in [0, 0.05) is 0 Å². The summed E-state index contributed by atoms with van der Waals surface area (Å²) in [4.78, 5) is 0. The van der Waals surface area contributed by atoms with Crippen LogP contribution < -0.4 is 0 Å². The first-order valence-corrected chi connectivity index (χ1v) is 5.16. The van der Waals surface area contributed by atoms with E-state index in [2.05, 4.69) is 0 Å². The van der Waals surface area contributed by atoms with Gasteiger partial charge in [-0.25, -0.2) is 0 Å². The van der Waals surface area contributed by atoms with E-state index in [9.17, 15) is 13.2 Å². The number of benzene rings is 1. The number of aryl methyl sites for hydroxylation is 1. The molecule has 1 atom stereocenters. The highest BCUT2D eigenvalue weighted by molar-refractivity contribution is 14.1. The van der Waals surface area contributed by atoms with Crippen molar-refractivity contribution >= 4 is 22.6 Å². The van der Waals surface area contributed by atoms with Crippen molar-refractivity contribution in [1.29, 1.82) is 0 Å². The third-order valence-electron chi connectivity index (χ3n) is 2.13. The molecule has 4 heteroatoms. The Morgan fingerprint density at radius 1 is 1.07 bits per heavy atom. The molecule has 0 aromatic heterocycles. The lowest BCUT2D eigenvalue weighted by Crippen LogP contribution is -2.33. The molecule has 78 valence electrons. The maximum Gasteiger partial charge on any atom is 0.406 e. The van der Waals surface area contributed by atoms with Crippen molar-refractivity contribution in [2.24, 2.45) is 0 Å². The molecule has 1 aromatic rings. The first-order chi connectivity index (χ1) is 6.25. The molecule has 0 radical (unpaired) electrons. The molecule has 0 aliphatic heterocycles. The molecule has 14 heavy (non-hydrogen) atoms. The number of rotatable bonds is 1. The zero-order valence-corrected chi connectivity index (χ0v) is 9.98. The fourth-order valence-electron chi connectivity index (χ4n) is 1.03. The predicted molar refractivity (Wildman–Crippen MR) is 58.6 cm³/mol. The zero-order chi connectivity index (χ0) is 11.0. The van der Waals surface area contributed by atoms with Gasteiger partial charge in [-0.15, -0.1) is 0 Å². The van der Waals surface area contributed by atoms with E-state index in [0.717, 1.165) is 5.56 Å². The van der Waals surface area contributed by atoms with Gasteiger partial charge in [0.25, 0.3) is 0 Å². The van der Waals surface area contributed by atoms with Crippen LogP contribution in [0.25, 0.3) is 0 Å². The smallest absolute Gasteiger partial charge is 0.169 e. The third kappa shape index (κ3) is 2.21. The predicted octanol–water partition coefficient (Wildman–Crippen LogP) is 4.21. The van der Waals surface area contributed by atoms with E-state index in [0.29, 0.717) is 0 Å². The molecular formula is C10H10F3I. The van der Waals surface area contributed by atoms with Gasteiger partial charge in [0.15, 0.2) is 0 Å². The molecule has 0 amide bonds. The van der Waals surface area contributed by atoms with Gasteiger partial charge in [-0.3, -0.25) is 0 Å². The molecule has 1 rings (SSSR count). The number of halogens is 4. The minimum absolute atomic E-state index is 0.288. The number of hydrogen-bond acceptors (Lipinski definition) is 0. The standard InChI is InChI=1S/C10H10F3I/c1-7-3-5-8(6-4-7)9(2,14)10(11,12)13/h3-6H,1-2H3. The molecular weight excluding hydrogens is 304 g/mol. The first-order valence-electron chi connectivity index (χ1n) is 4.08. The van der Waals surface area contributed by atoms with Crippen molar-refractivity contribution in [3.63, 3.8) is 0 Å². The van der Waals surface area contributed by atoms with Crippen molar-refractivity contribution in [2.75, 3.05) is 0 Å². The summed E-state index contributed by atoms with van der Waals surface area (Å²) in [7, 11) is 0. The van der Waals surface area contributed by atoms with E-state index in [1.807, 2.05) is 6.92 Å². The quantitative estimate of drug-likeness (QED) is 0.538. The maximum atomic E-state index is 12.6. The van der Waals surface area contributed by atoms with Gasteiger partial charge in [0.2, 0.25) is 0 Å². The summed E-state index contributed by atoms with van der Waals surface area (Å²) < 4.78 is 36.0. The Morgan fingerprint density at radius 2 is 1.50 bits per heavy atom. The fourth-order valence-corrected chi connectivity index (χ4v) is 1.39. The van der Waals surface area contributed by atoms with E-state index in [1.165, 1.54) is 41.6 Å². The van der Waals surface area contributed by atoms with Crippen LogP contribution in [0.1, 0.15) is 18.1 Å². The average molecular weight is 314 g/mol. The molecule has 0 bridgehead atoms. The van der Waals surface area contributed by atoms with Crippen molar-refractivity contribution < 1.29 is 13.2 Å². The molecule has 0 aliphatic carbocycles. The van der Waals surface area contributed by atoms with Crippen LogP contribution >= 0.6 is 22.6 Å². The monoisotopic (exact) mass is 314 g/mol. The molecule has 0 saturated heterocycles. The van der Waals surface area contributed by atoms with E-state index < -0.39 is 9.60 Å². The fraction of sp³-hybridized carbons (Fsp3) is 0.400. The lowest BCUT2D eigenvalue weighted by Gasteiger charge is -2.26. The SMILES string of the molecule is Cc1ccc(C(C)(I)C(F)(F)F)cc1. The van der Waals surface area contributed by atoms with E-state index >= 15 is 0 Å². The summed E-state index contributed by atoms with van der Waals surface area (Å²) in [6, 6.07) is 6.43. The second-order valence-electron chi connectivity index (χ2n) is 3.37. The molecule has 0 saturated carbocycles. The van der Waals surface area contributed by atoms with Crippen molar-refractivity contribution in [2.45, 2.75) is 23.4 Å². The van der Waals surface area contributed by atoms with Crippen molar-refractivity contribution in [3.05, 3.63) is 35.4 Å². The van der Waals surface area contributed by atoms with Crippen LogP contribution in [0, 0.1) is 6.92 Å². The topological polar surface area (TPSA) is 0 Å².